The van der Waals surface area contributed by atoms with E-state index in [4.69, 9.17) is 16.3 Å². The summed E-state index contributed by atoms with van der Waals surface area (Å²) in [4.78, 5) is 4.08. The van der Waals surface area contributed by atoms with Crippen LogP contribution in [0.25, 0.3) is 10.9 Å². The topological polar surface area (TPSA) is 39.9 Å². The van der Waals surface area contributed by atoms with Crippen LogP contribution in [0, 0.1) is 0 Å². The molecule has 5 rings (SSSR count). The molecule has 0 atom stereocenters. The zero-order valence-corrected chi connectivity index (χ0v) is 18.0. The molecule has 7 heteroatoms. The van der Waals surface area contributed by atoms with Crippen LogP contribution in [0.4, 0.5) is 8.78 Å². The minimum atomic E-state index is -3.04. The lowest BCUT2D eigenvalue weighted by Gasteiger charge is -2.36. The van der Waals surface area contributed by atoms with Crippen LogP contribution in [0.15, 0.2) is 103 Å². The van der Waals surface area contributed by atoms with Gasteiger partial charge < -0.3 is 4.74 Å². The van der Waals surface area contributed by atoms with Gasteiger partial charge in [-0.1, -0.05) is 103 Å². The molecule has 0 saturated heterocycles. The van der Waals surface area contributed by atoms with Gasteiger partial charge in [0.1, 0.15) is 10.7 Å². The number of ether oxygens (including phenoxy) is 1. The first-order valence-corrected chi connectivity index (χ1v) is 10.6. The van der Waals surface area contributed by atoms with Crippen LogP contribution < -0.4 is 4.74 Å². The van der Waals surface area contributed by atoms with Gasteiger partial charge in [-0.15, -0.1) is 5.10 Å². The molecule has 5 aromatic rings. The van der Waals surface area contributed by atoms with Crippen molar-refractivity contribution in [2.45, 2.75) is 12.2 Å². The van der Waals surface area contributed by atoms with Gasteiger partial charge in [0.2, 0.25) is 5.88 Å². The predicted molar refractivity (Wildman–Crippen MR) is 124 cm³/mol. The summed E-state index contributed by atoms with van der Waals surface area (Å²) in [6.45, 7) is -3.04. The summed E-state index contributed by atoms with van der Waals surface area (Å²) in [5, 5.41) is 5.15. The van der Waals surface area contributed by atoms with Gasteiger partial charge in [-0.2, -0.15) is 8.78 Å². The molecule has 0 bridgehead atoms. The van der Waals surface area contributed by atoms with E-state index in [9.17, 15) is 8.78 Å². The smallest absolute Gasteiger partial charge is 0.388 e. The highest BCUT2D eigenvalue weighted by atomic mass is 35.5. The summed E-state index contributed by atoms with van der Waals surface area (Å²) in [7, 11) is 0. The van der Waals surface area contributed by atoms with Crippen molar-refractivity contribution >= 4 is 22.5 Å². The van der Waals surface area contributed by atoms with Gasteiger partial charge in [-0.3, -0.25) is 0 Å². The third-order valence-corrected chi connectivity index (χ3v) is 5.80. The molecule has 4 nitrogen and oxygen atoms in total. The van der Waals surface area contributed by atoms with E-state index in [0.717, 1.165) is 16.7 Å². The number of pyridine rings is 1. The van der Waals surface area contributed by atoms with Crippen LogP contribution in [-0.2, 0) is 5.54 Å². The Balaban J connectivity index is 1.96. The summed E-state index contributed by atoms with van der Waals surface area (Å²) in [5.74, 6) is -0.212. The Bertz CT molecular complexity index is 1280. The molecule has 2 heterocycles. The fraction of sp³-hybridized carbons (Fsp3) is 0.0769. The fourth-order valence-electron chi connectivity index (χ4n) is 4.29. The fourth-order valence-corrected chi connectivity index (χ4v) is 4.44. The quantitative estimate of drug-likeness (QED) is 0.213. The van der Waals surface area contributed by atoms with Crippen molar-refractivity contribution in [3.8, 4) is 5.88 Å². The first kappa shape index (κ1) is 21.1. The monoisotopic (exact) mass is 461 g/mol. The Morgan fingerprint density at radius 1 is 0.788 bits per heavy atom. The van der Waals surface area contributed by atoms with Crippen LogP contribution >= 0.6 is 11.6 Å². The van der Waals surface area contributed by atoms with Crippen LogP contribution in [0.1, 0.15) is 16.7 Å². The van der Waals surface area contributed by atoms with Gasteiger partial charge in [0.05, 0.1) is 10.9 Å². The molecule has 0 aliphatic rings. The minimum Gasteiger partial charge on any atom is -0.415 e. The zero-order valence-electron chi connectivity index (χ0n) is 17.3. The Labute approximate surface area is 194 Å². The number of aromatic nitrogens is 3. The zero-order chi connectivity index (χ0) is 22.8. The molecule has 0 fully saturated rings. The lowest BCUT2D eigenvalue weighted by molar-refractivity contribution is -0.0523. The second kappa shape index (κ2) is 8.64. The van der Waals surface area contributed by atoms with Crippen molar-refractivity contribution in [3.63, 3.8) is 0 Å². The van der Waals surface area contributed by atoms with Crippen molar-refractivity contribution < 1.29 is 13.5 Å². The molecule has 33 heavy (non-hydrogen) atoms. The highest BCUT2D eigenvalue weighted by Crippen LogP contribution is 2.44. The summed E-state index contributed by atoms with van der Waals surface area (Å²) in [6, 6.07) is 31.0. The van der Waals surface area contributed by atoms with Gasteiger partial charge in [0.15, 0.2) is 0 Å². The molecule has 0 amide bonds. The molecule has 164 valence electrons. The van der Waals surface area contributed by atoms with Crippen LogP contribution in [0.3, 0.4) is 0 Å². The number of rotatable bonds is 6. The van der Waals surface area contributed by atoms with Crippen LogP contribution in [0.5, 0.6) is 5.88 Å². The van der Waals surface area contributed by atoms with E-state index in [0.29, 0.717) is 10.9 Å². The van der Waals surface area contributed by atoms with E-state index in [-0.39, 0.29) is 11.0 Å². The Morgan fingerprint density at radius 2 is 1.27 bits per heavy atom. The standard InChI is InChI=1S/C26H18ClF2N3O/c27-23-16-22-21(17-30-23)24(33-25(28)29)31-32(22)26(18-10-4-1-5-11-18,19-12-6-2-7-13-19)20-14-8-3-9-15-20/h1-17,25H. The maximum absolute atomic E-state index is 13.3. The summed E-state index contributed by atoms with van der Waals surface area (Å²) < 4.78 is 33.1. The molecule has 2 aromatic heterocycles. The van der Waals surface area contributed by atoms with Crippen LogP contribution in [0.2, 0.25) is 5.15 Å². The number of alkyl halides is 2. The molecular formula is C26H18ClF2N3O. The third-order valence-electron chi connectivity index (χ3n) is 5.59. The number of hydrogen-bond donors (Lipinski definition) is 0. The van der Waals surface area contributed by atoms with E-state index >= 15 is 0 Å². The normalized spacial score (nSPS) is 11.8. The maximum Gasteiger partial charge on any atom is 0.388 e. The lowest BCUT2D eigenvalue weighted by Crippen LogP contribution is -2.38. The highest BCUT2D eigenvalue weighted by Gasteiger charge is 2.41. The van der Waals surface area contributed by atoms with Gasteiger partial charge in [-0.25, -0.2) is 9.67 Å². The SMILES string of the molecule is FC(F)Oc1nn(C(c2ccccc2)(c2ccccc2)c2ccccc2)c2cc(Cl)ncc12. The molecule has 0 aliphatic carbocycles. The predicted octanol–water partition coefficient (Wildman–Crippen LogP) is 6.53. The number of halogens is 3. The molecule has 0 saturated carbocycles. The van der Waals surface area contributed by atoms with Crippen molar-refractivity contribution in [1.29, 1.82) is 0 Å². The van der Waals surface area contributed by atoms with Crippen molar-refractivity contribution in [2.24, 2.45) is 0 Å². The van der Waals surface area contributed by atoms with E-state index in [2.05, 4.69) is 10.1 Å². The molecule has 3 aromatic carbocycles. The van der Waals surface area contributed by atoms with Gasteiger partial charge in [0, 0.05) is 12.3 Å². The number of hydrogen-bond acceptors (Lipinski definition) is 3. The second-order valence-corrected chi connectivity index (χ2v) is 7.82. The molecule has 0 unspecified atom stereocenters. The Kier molecular flexibility index (Phi) is 5.52. The Hall–Kier alpha value is -3.77. The second-order valence-electron chi connectivity index (χ2n) is 7.43. The molecule has 0 N–H and O–H groups in total. The number of benzene rings is 3. The minimum absolute atomic E-state index is 0.212. The lowest BCUT2D eigenvalue weighted by atomic mass is 9.77. The van der Waals surface area contributed by atoms with Crippen molar-refractivity contribution in [1.82, 2.24) is 14.8 Å². The van der Waals surface area contributed by atoms with Gasteiger partial charge in [0.25, 0.3) is 0 Å². The molecule has 0 radical (unpaired) electrons. The van der Waals surface area contributed by atoms with Crippen molar-refractivity contribution in [3.05, 3.63) is 125 Å². The molecule has 0 spiro atoms. The van der Waals surface area contributed by atoms with Crippen molar-refractivity contribution in [2.75, 3.05) is 0 Å². The third kappa shape index (κ3) is 3.62. The van der Waals surface area contributed by atoms with E-state index in [1.165, 1.54) is 6.20 Å². The van der Waals surface area contributed by atoms with E-state index < -0.39 is 12.2 Å². The summed E-state index contributed by atoms with van der Waals surface area (Å²) in [6.07, 6.45) is 1.41. The van der Waals surface area contributed by atoms with Gasteiger partial charge >= 0.3 is 6.61 Å². The van der Waals surface area contributed by atoms with Crippen LogP contribution in [-0.4, -0.2) is 21.4 Å². The average molecular weight is 462 g/mol. The first-order valence-electron chi connectivity index (χ1n) is 10.3. The first-order chi connectivity index (χ1) is 16.1. The number of nitrogens with zero attached hydrogens (tertiary/aromatic N) is 3. The summed E-state index contributed by atoms with van der Waals surface area (Å²) >= 11 is 6.25. The highest BCUT2D eigenvalue weighted by molar-refractivity contribution is 6.30. The maximum atomic E-state index is 13.3. The average Bonchev–Trinajstić information content (AvgIpc) is 3.18. The Morgan fingerprint density at radius 3 is 1.73 bits per heavy atom. The van der Waals surface area contributed by atoms with E-state index in [1.54, 1.807) is 10.7 Å². The van der Waals surface area contributed by atoms with E-state index in [1.807, 2.05) is 91.0 Å². The van der Waals surface area contributed by atoms with Gasteiger partial charge in [-0.05, 0) is 16.7 Å². The molecular weight excluding hydrogens is 444 g/mol. The number of fused-ring (bicyclic) bond motifs is 1. The largest absolute Gasteiger partial charge is 0.415 e. The molecule has 0 aliphatic heterocycles. The summed E-state index contributed by atoms with van der Waals surface area (Å²) in [5.41, 5.74) is 2.19.